The summed E-state index contributed by atoms with van der Waals surface area (Å²) in [6.07, 6.45) is 1.57. The summed E-state index contributed by atoms with van der Waals surface area (Å²) in [6, 6.07) is 11.9. The van der Waals surface area contributed by atoms with Crippen LogP contribution in [0.3, 0.4) is 0 Å². The van der Waals surface area contributed by atoms with E-state index in [1.165, 1.54) is 4.70 Å². The number of amides is 1. The molecule has 1 aliphatic rings. The van der Waals surface area contributed by atoms with Gasteiger partial charge in [-0.2, -0.15) is 0 Å². The molecule has 0 spiro atoms. The highest BCUT2D eigenvalue weighted by atomic mass is 32.1. The Hall–Kier alpha value is -3.79. The minimum Gasteiger partial charge on any atom is -0.466 e. The molecule has 0 saturated carbocycles. The number of hydrogen-bond donors (Lipinski definition) is 0. The summed E-state index contributed by atoms with van der Waals surface area (Å²) in [5.41, 5.74) is 3.54. The second-order valence-corrected chi connectivity index (χ2v) is 10.1. The summed E-state index contributed by atoms with van der Waals surface area (Å²) in [5.74, 6) is -0.0737. The summed E-state index contributed by atoms with van der Waals surface area (Å²) in [5, 5.41) is 10.9. The number of piperidine rings is 1. The number of fused-ring (bicyclic) bond motifs is 1. The summed E-state index contributed by atoms with van der Waals surface area (Å²) in [6.45, 7) is 5.37. The van der Waals surface area contributed by atoms with Gasteiger partial charge in [-0.15, -0.1) is 11.3 Å². The molecule has 4 heterocycles. The van der Waals surface area contributed by atoms with Crippen LogP contribution in [0, 0.1) is 12.8 Å². The molecular formula is C27H29N5O4S. The second kappa shape index (κ2) is 10.7. The Balaban J connectivity index is 1.52. The molecule has 4 aromatic rings. The van der Waals surface area contributed by atoms with E-state index in [0.717, 1.165) is 29.5 Å². The van der Waals surface area contributed by atoms with Crippen LogP contribution in [0.1, 0.15) is 41.5 Å². The molecule has 5 rings (SSSR count). The molecule has 192 valence electrons. The first kappa shape index (κ1) is 24.9. The number of thiophene rings is 1. The lowest BCUT2D eigenvalue weighted by Crippen LogP contribution is -2.41. The van der Waals surface area contributed by atoms with Crippen molar-refractivity contribution in [2.75, 3.05) is 31.6 Å². The van der Waals surface area contributed by atoms with Crippen LogP contribution in [0.15, 0.2) is 46.4 Å². The molecule has 0 aliphatic carbocycles. The van der Waals surface area contributed by atoms with Crippen LogP contribution < -0.4 is 4.90 Å². The first-order valence-corrected chi connectivity index (χ1v) is 13.3. The molecule has 9 nitrogen and oxygen atoms in total. The molecule has 1 aliphatic heterocycles. The minimum absolute atomic E-state index is 0.190. The van der Waals surface area contributed by atoms with E-state index < -0.39 is 0 Å². The number of aromatic nitrogens is 3. The fraction of sp³-hybridized carbons (Fsp3) is 0.370. The Bertz CT molecular complexity index is 1430. The van der Waals surface area contributed by atoms with Gasteiger partial charge in [0.2, 0.25) is 0 Å². The summed E-state index contributed by atoms with van der Waals surface area (Å²) < 4.78 is 11.3. The highest BCUT2D eigenvalue weighted by molar-refractivity contribution is 7.17. The van der Waals surface area contributed by atoms with Gasteiger partial charge in [0, 0.05) is 41.2 Å². The van der Waals surface area contributed by atoms with Gasteiger partial charge in [-0.3, -0.25) is 9.59 Å². The van der Waals surface area contributed by atoms with Gasteiger partial charge in [0.1, 0.15) is 17.2 Å². The number of anilines is 1. The molecule has 0 radical (unpaired) electrons. The molecule has 1 fully saturated rings. The van der Waals surface area contributed by atoms with Crippen LogP contribution in [0.4, 0.5) is 5.82 Å². The maximum Gasteiger partial charge on any atom is 0.310 e. The molecule has 1 amide bonds. The van der Waals surface area contributed by atoms with Gasteiger partial charge in [0.05, 0.1) is 30.3 Å². The first-order chi connectivity index (χ1) is 18.0. The minimum atomic E-state index is -0.259. The Kier molecular flexibility index (Phi) is 7.18. The van der Waals surface area contributed by atoms with Crippen molar-refractivity contribution >= 4 is 39.1 Å². The zero-order valence-corrected chi connectivity index (χ0v) is 22.0. The molecular weight excluding hydrogens is 490 g/mol. The Morgan fingerprint density at radius 1 is 1.22 bits per heavy atom. The second-order valence-electron chi connectivity index (χ2n) is 9.21. The molecule has 3 aromatic heterocycles. The largest absolute Gasteiger partial charge is 0.466 e. The molecule has 1 atom stereocenters. The lowest BCUT2D eigenvalue weighted by atomic mass is 9.97. The van der Waals surface area contributed by atoms with Crippen LogP contribution in [-0.4, -0.2) is 58.8 Å². The Morgan fingerprint density at radius 3 is 2.84 bits per heavy atom. The number of nitrogens with zero attached hydrogens (tertiary/aromatic N) is 5. The van der Waals surface area contributed by atoms with Crippen LogP contribution >= 0.6 is 11.3 Å². The number of benzene rings is 1. The SMILES string of the molecule is CCOC(=O)[C@@H]1CCCN(c2nc(-c3csc4ccccc34)ccc2C(=O)N(C)Cc2nonc2C)C1. The lowest BCUT2D eigenvalue weighted by Gasteiger charge is -2.34. The average molecular weight is 520 g/mol. The van der Waals surface area contributed by atoms with Gasteiger partial charge in [-0.25, -0.2) is 9.61 Å². The highest BCUT2D eigenvalue weighted by Crippen LogP contribution is 2.35. The van der Waals surface area contributed by atoms with Crippen LogP contribution in [0.5, 0.6) is 0 Å². The predicted molar refractivity (Wildman–Crippen MR) is 141 cm³/mol. The van der Waals surface area contributed by atoms with E-state index in [-0.39, 0.29) is 24.3 Å². The van der Waals surface area contributed by atoms with E-state index in [9.17, 15) is 9.59 Å². The monoisotopic (exact) mass is 519 g/mol. The quantitative estimate of drug-likeness (QED) is 0.324. The van der Waals surface area contributed by atoms with Crippen molar-refractivity contribution < 1.29 is 19.0 Å². The Labute approximate surface area is 219 Å². The predicted octanol–water partition coefficient (Wildman–Crippen LogP) is 4.71. The third-order valence-electron chi connectivity index (χ3n) is 6.68. The molecule has 1 aromatic carbocycles. The van der Waals surface area contributed by atoms with Gasteiger partial charge >= 0.3 is 5.97 Å². The summed E-state index contributed by atoms with van der Waals surface area (Å²) in [7, 11) is 1.72. The van der Waals surface area contributed by atoms with E-state index in [1.807, 2.05) is 36.1 Å². The van der Waals surface area contributed by atoms with Crippen molar-refractivity contribution in [2.45, 2.75) is 33.2 Å². The van der Waals surface area contributed by atoms with Crippen molar-refractivity contribution in [3.63, 3.8) is 0 Å². The van der Waals surface area contributed by atoms with Gasteiger partial charge in [-0.1, -0.05) is 28.5 Å². The number of rotatable bonds is 7. The molecule has 0 N–H and O–H groups in total. The highest BCUT2D eigenvalue weighted by Gasteiger charge is 2.31. The average Bonchev–Trinajstić information content (AvgIpc) is 3.54. The summed E-state index contributed by atoms with van der Waals surface area (Å²) >= 11 is 1.67. The number of pyridine rings is 1. The summed E-state index contributed by atoms with van der Waals surface area (Å²) in [4.78, 5) is 34.9. The Morgan fingerprint density at radius 2 is 2.05 bits per heavy atom. The van der Waals surface area contributed by atoms with Gasteiger partial charge in [0.15, 0.2) is 0 Å². The standard InChI is InChI=1S/C27H29N5O4S/c1-4-35-27(34)18-8-7-13-32(14-18)25-20(26(33)31(3)15-23-17(2)29-36-30-23)11-12-22(28-25)21-16-37-24-10-6-5-9-19(21)24/h5-6,9-12,16,18H,4,7-8,13-15H2,1-3H3/t18-/m1/s1. The van der Waals surface area contributed by atoms with Crippen molar-refractivity contribution in [2.24, 2.45) is 5.92 Å². The third kappa shape index (κ3) is 5.06. The fourth-order valence-corrected chi connectivity index (χ4v) is 5.65. The number of ether oxygens (including phenoxy) is 1. The van der Waals surface area contributed by atoms with E-state index in [4.69, 9.17) is 14.3 Å². The van der Waals surface area contributed by atoms with E-state index in [2.05, 4.69) is 27.8 Å². The van der Waals surface area contributed by atoms with Crippen LogP contribution in [0.25, 0.3) is 21.3 Å². The van der Waals surface area contributed by atoms with Crippen molar-refractivity contribution in [1.29, 1.82) is 0 Å². The molecule has 37 heavy (non-hydrogen) atoms. The maximum atomic E-state index is 13.7. The smallest absolute Gasteiger partial charge is 0.310 e. The zero-order valence-electron chi connectivity index (χ0n) is 21.1. The van der Waals surface area contributed by atoms with Crippen LogP contribution in [0.2, 0.25) is 0 Å². The van der Waals surface area contributed by atoms with E-state index in [0.29, 0.717) is 42.5 Å². The molecule has 0 bridgehead atoms. The van der Waals surface area contributed by atoms with Gasteiger partial charge in [-0.05, 0) is 44.9 Å². The zero-order chi connectivity index (χ0) is 25.9. The fourth-order valence-electron chi connectivity index (χ4n) is 4.70. The van der Waals surface area contributed by atoms with Gasteiger partial charge in [0.25, 0.3) is 5.91 Å². The lowest BCUT2D eigenvalue weighted by molar-refractivity contribution is -0.148. The van der Waals surface area contributed by atoms with Crippen molar-refractivity contribution in [3.8, 4) is 11.3 Å². The van der Waals surface area contributed by atoms with Gasteiger partial charge < -0.3 is 14.5 Å². The normalized spacial score (nSPS) is 15.6. The van der Waals surface area contributed by atoms with Crippen molar-refractivity contribution in [1.82, 2.24) is 20.2 Å². The number of esters is 1. The molecule has 1 saturated heterocycles. The maximum absolute atomic E-state index is 13.7. The van der Waals surface area contributed by atoms with Crippen molar-refractivity contribution in [3.05, 3.63) is 58.7 Å². The molecule has 10 heteroatoms. The molecule has 0 unspecified atom stereocenters. The third-order valence-corrected chi connectivity index (χ3v) is 7.65. The van der Waals surface area contributed by atoms with Crippen LogP contribution in [-0.2, 0) is 16.1 Å². The number of carbonyl (C=O) groups excluding carboxylic acids is 2. The van der Waals surface area contributed by atoms with E-state index >= 15 is 0 Å². The first-order valence-electron chi connectivity index (χ1n) is 12.4. The number of aryl methyl sites for hydroxylation is 1. The van der Waals surface area contributed by atoms with E-state index in [1.54, 1.807) is 30.2 Å². The number of carbonyl (C=O) groups is 2. The number of hydrogen-bond acceptors (Lipinski definition) is 9. The topological polar surface area (TPSA) is 102 Å².